The van der Waals surface area contributed by atoms with E-state index in [9.17, 15) is 4.39 Å². The molecule has 2 heterocycles. The van der Waals surface area contributed by atoms with Gasteiger partial charge in [-0.1, -0.05) is 103 Å². The zero-order valence-electron chi connectivity index (χ0n) is 23.2. The van der Waals surface area contributed by atoms with E-state index < -0.39 is 0 Å². The van der Waals surface area contributed by atoms with E-state index in [1.807, 2.05) is 24.4 Å². The molecule has 0 amide bonds. The van der Waals surface area contributed by atoms with Crippen LogP contribution in [-0.4, -0.2) is 9.97 Å². The Morgan fingerprint density at radius 3 is 1.77 bits per heavy atom. The fourth-order valence-corrected chi connectivity index (χ4v) is 6.12. The highest BCUT2D eigenvalue weighted by Crippen LogP contribution is 2.40. The van der Waals surface area contributed by atoms with E-state index in [-0.39, 0.29) is 5.82 Å². The second kappa shape index (κ2) is 10.3. The number of pyridine rings is 2. The van der Waals surface area contributed by atoms with Crippen molar-refractivity contribution < 1.29 is 4.39 Å². The molecular weight excluding hydrogens is 527 g/mol. The minimum atomic E-state index is -0.253. The van der Waals surface area contributed by atoms with Crippen molar-refractivity contribution in [2.75, 3.05) is 0 Å². The first-order valence-corrected chi connectivity index (χ1v) is 14.3. The number of hydrogen-bond acceptors (Lipinski definition) is 2. The van der Waals surface area contributed by atoms with Gasteiger partial charge < -0.3 is 0 Å². The van der Waals surface area contributed by atoms with Crippen LogP contribution >= 0.6 is 0 Å². The summed E-state index contributed by atoms with van der Waals surface area (Å²) in [4.78, 5) is 9.26. The number of aromatic nitrogens is 2. The van der Waals surface area contributed by atoms with Crippen molar-refractivity contribution in [1.29, 1.82) is 0 Å². The fraction of sp³-hybridized carbons (Fsp3) is 0. The summed E-state index contributed by atoms with van der Waals surface area (Å²) in [7, 11) is 0. The summed E-state index contributed by atoms with van der Waals surface area (Å²) in [6.07, 6.45) is 3.68. The number of nitrogens with zero attached hydrogens (tertiary/aromatic N) is 2. The monoisotopic (exact) mass is 552 g/mol. The molecule has 0 saturated carbocycles. The van der Waals surface area contributed by atoms with E-state index in [1.165, 1.54) is 39.6 Å². The number of benzene rings is 6. The third kappa shape index (κ3) is 4.43. The van der Waals surface area contributed by atoms with Crippen molar-refractivity contribution >= 4 is 32.4 Å². The summed E-state index contributed by atoms with van der Waals surface area (Å²) in [5, 5.41) is 5.68. The highest BCUT2D eigenvalue weighted by Gasteiger charge is 2.15. The van der Waals surface area contributed by atoms with Gasteiger partial charge in [-0.15, -0.1) is 0 Å². The maximum absolute atomic E-state index is 13.8. The van der Waals surface area contributed by atoms with E-state index >= 15 is 0 Å². The molecule has 0 N–H and O–H groups in total. The maximum atomic E-state index is 13.8. The molecule has 0 spiro atoms. The van der Waals surface area contributed by atoms with Crippen LogP contribution in [0.3, 0.4) is 0 Å². The Labute approximate surface area is 248 Å². The lowest BCUT2D eigenvalue weighted by molar-refractivity contribution is 0.628. The largest absolute Gasteiger partial charge is 0.264 e. The van der Waals surface area contributed by atoms with Crippen molar-refractivity contribution in [2.24, 2.45) is 0 Å². The van der Waals surface area contributed by atoms with Gasteiger partial charge in [0.25, 0.3) is 0 Å². The van der Waals surface area contributed by atoms with E-state index in [0.717, 1.165) is 49.6 Å². The Hall–Kier alpha value is -5.67. The van der Waals surface area contributed by atoms with Gasteiger partial charge in [0.15, 0.2) is 0 Å². The van der Waals surface area contributed by atoms with Gasteiger partial charge >= 0.3 is 0 Å². The standard InChI is InChI=1S/C40H25FN2/c41-32-20-18-30(19-21-32)40-37-23-22-34-33(7-3-8-35(34)39(37)36-6-1-2-9-38(36)43-40)29-16-14-27(15-17-29)26-10-12-28(13-11-26)31-5-4-24-42-25-31/h1-25H. The fourth-order valence-electron chi connectivity index (χ4n) is 6.12. The second-order valence-electron chi connectivity index (χ2n) is 10.8. The van der Waals surface area contributed by atoms with E-state index in [2.05, 4.69) is 102 Å². The zero-order chi connectivity index (χ0) is 28.8. The molecule has 3 heteroatoms. The average Bonchev–Trinajstić information content (AvgIpc) is 3.08. The van der Waals surface area contributed by atoms with Crippen LogP contribution < -0.4 is 0 Å². The molecule has 2 nitrogen and oxygen atoms in total. The Bertz CT molecular complexity index is 2260. The van der Waals surface area contributed by atoms with E-state index in [0.29, 0.717) is 0 Å². The summed E-state index contributed by atoms with van der Waals surface area (Å²) in [6, 6.07) is 47.2. The molecule has 6 aromatic carbocycles. The third-order valence-electron chi connectivity index (χ3n) is 8.25. The molecule has 0 radical (unpaired) electrons. The zero-order valence-corrected chi connectivity index (χ0v) is 23.2. The van der Waals surface area contributed by atoms with Gasteiger partial charge in [0.1, 0.15) is 5.82 Å². The summed E-state index contributed by atoms with van der Waals surface area (Å²) in [5.74, 6) is -0.253. The number of para-hydroxylation sites is 1. The van der Waals surface area contributed by atoms with Crippen LogP contribution in [-0.2, 0) is 0 Å². The first kappa shape index (κ1) is 25.1. The lowest BCUT2D eigenvalue weighted by atomic mass is 9.91. The highest BCUT2D eigenvalue weighted by molar-refractivity contribution is 6.24. The van der Waals surface area contributed by atoms with Gasteiger partial charge in [0.2, 0.25) is 0 Å². The molecule has 0 aliphatic rings. The van der Waals surface area contributed by atoms with E-state index in [1.54, 1.807) is 18.3 Å². The molecule has 202 valence electrons. The van der Waals surface area contributed by atoms with Crippen molar-refractivity contribution in [3.63, 3.8) is 0 Å². The Morgan fingerprint density at radius 2 is 1.05 bits per heavy atom. The molecule has 0 atom stereocenters. The van der Waals surface area contributed by atoms with Gasteiger partial charge in [-0.3, -0.25) is 4.98 Å². The van der Waals surface area contributed by atoms with Crippen LogP contribution in [0.15, 0.2) is 152 Å². The quantitative estimate of drug-likeness (QED) is 0.203. The van der Waals surface area contributed by atoms with Gasteiger partial charge in [-0.2, -0.15) is 0 Å². The second-order valence-corrected chi connectivity index (χ2v) is 10.8. The SMILES string of the molecule is Fc1ccc(-c2nc3ccccc3c3c2ccc2c(-c4ccc(-c5ccc(-c6cccnc6)cc5)cc4)cccc23)cc1. The number of rotatable bonds is 4. The van der Waals surface area contributed by atoms with Crippen LogP contribution in [0, 0.1) is 5.82 Å². The van der Waals surface area contributed by atoms with Gasteiger partial charge in [0, 0.05) is 34.1 Å². The Morgan fingerprint density at radius 1 is 0.419 bits per heavy atom. The van der Waals surface area contributed by atoms with Crippen molar-refractivity contribution in [1.82, 2.24) is 9.97 Å². The molecule has 0 unspecified atom stereocenters. The average molecular weight is 553 g/mol. The molecule has 8 aromatic rings. The number of hydrogen-bond donors (Lipinski definition) is 0. The lowest BCUT2D eigenvalue weighted by Crippen LogP contribution is -1.92. The van der Waals surface area contributed by atoms with Gasteiger partial charge in [0.05, 0.1) is 11.2 Å². The van der Waals surface area contributed by atoms with Crippen LogP contribution in [0.5, 0.6) is 0 Å². The minimum Gasteiger partial charge on any atom is -0.264 e. The van der Waals surface area contributed by atoms with Crippen LogP contribution in [0.2, 0.25) is 0 Å². The van der Waals surface area contributed by atoms with E-state index in [4.69, 9.17) is 4.98 Å². The van der Waals surface area contributed by atoms with Crippen molar-refractivity contribution in [3.05, 3.63) is 158 Å². The van der Waals surface area contributed by atoms with Gasteiger partial charge in [-0.05, 0) is 80.6 Å². The Balaban J connectivity index is 1.24. The van der Waals surface area contributed by atoms with Crippen LogP contribution in [0.4, 0.5) is 4.39 Å². The first-order valence-electron chi connectivity index (χ1n) is 14.3. The maximum Gasteiger partial charge on any atom is 0.123 e. The predicted octanol–water partition coefficient (Wildman–Crippen LogP) is 10.7. The molecule has 0 aliphatic carbocycles. The normalized spacial score (nSPS) is 11.4. The molecular formula is C40H25FN2. The summed E-state index contributed by atoms with van der Waals surface area (Å²) < 4.78 is 13.8. The molecule has 0 aliphatic heterocycles. The first-order chi connectivity index (χ1) is 21.2. The molecule has 2 aromatic heterocycles. The molecule has 0 bridgehead atoms. The Kier molecular flexibility index (Phi) is 6.01. The smallest absolute Gasteiger partial charge is 0.123 e. The molecule has 0 fully saturated rings. The third-order valence-corrected chi connectivity index (χ3v) is 8.25. The number of fused-ring (bicyclic) bond motifs is 5. The van der Waals surface area contributed by atoms with Crippen LogP contribution in [0.25, 0.3) is 77.1 Å². The predicted molar refractivity (Wildman–Crippen MR) is 176 cm³/mol. The van der Waals surface area contributed by atoms with Crippen LogP contribution in [0.1, 0.15) is 0 Å². The topological polar surface area (TPSA) is 25.8 Å². The summed E-state index contributed by atoms with van der Waals surface area (Å²) in [5.41, 5.74) is 9.65. The van der Waals surface area contributed by atoms with Crippen molar-refractivity contribution in [2.45, 2.75) is 0 Å². The lowest BCUT2D eigenvalue weighted by Gasteiger charge is -2.15. The molecule has 8 rings (SSSR count). The summed E-state index contributed by atoms with van der Waals surface area (Å²) in [6.45, 7) is 0. The summed E-state index contributed by atoms with van der Waals surface area (Å²) >= 11 is 0. The molecule has 0 saturated heterocycles. The number of halogens is 1. The molecule has 43 heavy (non-hydrogen) atoms. The van der Waals surface area contributed by atoms with Crippen molar-refractivity contribution in [3.8, 4) is 44.6 Å². The minimum absolute atomic E-state index is 0.253. The highest BCUT2D eigenvalue weighted by atomic mass is 19.1. The van der Waals surface area contributed by atoms with Gasteiger partial charge in [-0.25, -0.2) is 9.37 Å².